The van der Waals surface area contributed by atoms with Gasteiger partial charge in [-0.25, -0.2) is 4.79 Å². The molecule has 1 aromatic heterocycles. The molecule has 110 valence electrons. The van der Waals surface area contributed by atoms with E-state index in [9.17, 15) is 19.3 Å². The largest absolute Gasteiger partial charge is 0.694 e. The fourth-order valence-corrected chi connectivity index (χ4v) is 2.08. The Morgan fingerprint density at radius 1 is 1.70 bits per heavy atom. The molecule has 0 amide bonds. The number of nitrogens with zero attached hydrogens (tertiary/aromatic N) is 1. The number of aryl methyl sites for hydroxylation is 1. The number of rotatable bonds is 4. The van der Waals surface area contributed by atoms with Crippen LogP contribution in [0, 0.1) is 6.92 Å². The van der Waals surface area contributed by atoms with E-state index in [1.54, 1.807) is 0 Å². The summed E-state index contributed by atoms with van der Waals surface area (Å²) in [6.07, 6.45) is -3.44. The first-order chi connectivity index (χ1) is 9.81. The molecule has 1 aliphatic heterocycles. The number of hydrogen-bond acceptors (Lipinski definition) is 6. The van der Waals surface area contributed by atoms with Gasteiger partial charge in [0, 0.05) is 24.1 Å². The molecule has 9 nitrogen and oxygen atoms in total. The summed E-state index contributed by atoms with van der Waals surface area (Å²) in [5.41, 5.74) is -1.07. The Kier molecular flexibility index (Phi) is 4.04. The van der Waals surface area contributed by atoms with E-state index in [2.05, 4.69) is 9.51 Å². The van der Waals surface area contributed by atoms with Crippen LogP contribution in [0.2, 0.25) is 0 Å². The van der Waals surface area contributed by atoms with Crippen molar-refractivity contribution >= 4 is 8.25 Å². The van der Waals surface area contributed by atoms with Crippen LogP contribution in [-0.4, -0.2) is 38.4 Å². The number of hydrogen-bond donors (Lipinski definition) is 3. The number of aromatic nitrogens is 2. The molecule has 2 rings (SSSR count). The predicted molar refractivity (Wildman–Crippen MR) is 66.4 cm³/mol. The van der Waals surface area contributed by atoms with Crippen LogP contribution in [0.5, 0.6) is 0 Å². The number of ether oxygens (including phenoxy) is 1. The smallest absolute Gasteiger partial charge is 0.390 e. The van der Waals surface area contributed by atoms with E-state index in [-0.39, 0.29) is 5.56 Å². The quantitative estimate of drug-likeness (QED) is 0.618. The molecule has 10 heteroatoms. The Hall–Kier alpha value is -1.38. The molecule has 0 bridgehead atoms. The van der Waals surface area contributed by atoms with Gasteiger partial charge in [0.05, 0.1) is 6.10 Å². The van der Waals surface area contributed by atoms with E-state index in [0.29, 0.717) is 0 Å². The molecule has 0 aromatic carbocycles. The Bertz CT molecular complexity index is 660. The number of aliphatic hydroxyl groups excluding tert-OH is 1. The second-order valence-corrected chi connectivity index (χ2v) is 4.99. The van der Waals surface area contributed by atoms with Gasteiger partial charge in [-0.05, 0) is 6.92 Å². The van der Waals surface area contributed by atoms with Crippen molar-refractivity contribution in [2.45, 2.75) is 31.8 Å². The van der Waals surface area contributed by atoms with Crippen LogP contribution < -0.4 is 11.2 Å². The highest BCUT2D eigenvalue weighted by atomic mass is 31.1. The predicted octanol–water partition coefficient (Wildman–Crippen LogP) is -0.840. The molecule has 3 N–H and O–H groups in total. The fraction of sp³-hybridized carbons (Fsp3) is 0.600. The molecule has 0 saturated carbocycles. The van der Waals surface area contributed by atoms with Crippen molar-refractivity contribution < 1.29 is 25.2 Å². The van der Waals surface area contributed by atoms with Gasteiger partial charge in [-0.15, -0.1) is 9.42 Å². The van der Waals surface area contributed by atoms with E-state index in [0.717, 1.165) is 4.57 Å². The highest BCUT2D eigenvalue weighted by Crippen LogP contribution is 2.29. The first-order valence-electron chi connectivity index (χ1n) is 6.26. The van der Waals surface area contributed by atoms with Gasteiger partial charge in [0.2, 0.25) is 0 Å². The molecular formula is C10H14N2O7P+. The van der Waals surface area contributed by atoms with E-state index < -0.39 is 50.9 Å². The normalized spacial score (nSPS) is 31.1. The molecule has 1 aliphatic rings. The summed E-state index contributed by atoms with van der Waals surface area (Å²) in [4.78, 5) is 33.7. The summed E-state index contributed by atoms with van der Waals surface area (Å²) < 4.78 is 29.1. The van der Waals surface area contributed by atoms with Gasteiger partial charge in [-0.1, -0.05) is 0 Å². The second kappa shape index (κ2) is 5.94. The van der Waals surface area contributed by atoms with Crippen molar-refractivity contribution in [2.75, 3.05) is 6.61 Å². The molecule has 1 fully saturated rings. The zero-order chi connectivity index (χ0) is 15.7. The number of aliphatic hydroxyl groups is 1. The molecule has 2 heterocycles. The first kappa shape index (κ1) is 13.6. The third kappa shape index (κ3) is 3.20. The van der Waals surface area contributed by atoms with Crippen molar-refractivity contribution in [1.82, 2.24) is 9.55 Å². The van der Waals surface area contributed by atoms with Crippen molar-refractivity contribution in [2.24, 2.45) is 0 Å². The van der Waals surface area contributed by atoms with Gasteiger partial charge in [-0.3, -0.25) is 14.3 Å². The van der Waals surface area contributed by atoms with Crippen molar-refractivity contribution in [3.8, 4) is 0 Å². The summed E-state index contributed by atoms with van der Waals surface area (Å²) >= 11 is 0. The minimum absolute atomic E-state index is 0.248. The van der Waals surface area contributed by atoms with Crippen LogP contribution >= 0.6 is 8.25 Å². The molecular weight excluding hydrogens is 291 g/mol. The summed E-state index contributed by atoms with van der Waals surface area (Å²) in [6.45, 7) is 1.09. The molecule has 1 aromatic rings. The zero-order valence-electron chi connectivity index (χ0n) is 11.4. The highest BCUT2D eigenvalue weighted by molar-refractivity contribution is 7.32. The third-order valence-electron chi connectivity index (χ3n) is 2.83. The van der Waals surface area contributed by atoms with Gasteiger partial charge in [0.1, 0.15) is 18.9 Å². The van der Waals surface area contributed by atoms with Crippen LogP contribution in [0.1, 0.15) is 19.6 Å². The topological polar surface area (TPSA) is 131 Å². The minimum Gasteiger partial charge on any atom is -0.390 e. The van der Waals surface area contributed by atoms with E-state index in [1.807, 2.05) is 0 Å². The van der Waals surface area contributed by atoms with Crippen molar-refractivity contribution in [3.63, 3.8) is 0 Å². The Labute approximate surface area is 115 Å². The van der Waals surface area contributed by atoms with Gasteiger partial charge in [0.25, 0.3) is 5.56 Å². The first-order valence-corrected chi connectivity index (χ1v) is 6.81. The molecule has 1 unspecified atom stereocenters. The van der Waals surface area contributed by atoms with E-state index in [4.69, 9.17) is 11.0 Å². The lowest BCUT2D eigenvalue weighted by atomic mass is 10.2. The highest BCUT2D eigenvalue weighted by Gasteiger charge is 2.37. The van der Waals surface area contributed by atoms with Crippen LogP contribution in [0.25, 0.3) is 0 Å². The van der Waals surface area contributed by atoms with Crippen molar-refractivity contribution in [1.29, 1.82) is 0 Å². The summed E-state index contributed by atoms with van der Waals surface area (Å²) in [6, 6.07) is 0. The lowest BCUT2D eigenvalue weighted by molar-refractivity contribution is -0.0413. The standard InChI is InChI=1S/C10H13N2O7P/c1-5-3-12(10(15)11-9(5)14)8-2-6(13)7(19-8)4-18-20(16)17/h3,6-8,13H,2,4H2,1H3,(H-,11,14,15,16,17)/p+1/t6-,7+,8+/m0/s1/i2T/t2-,6+,7-,8-/m1. The summed E-state index contributed by atoms with van der Waals surface area (Å²) in [5.74, 6) is 0. The molecule has 20 heavy (non-hydrogen) atoms. The lowest BCUT2D eigenvalue weighted by Gasteiger charge is -2.14. The van der Waals surface area contributed by atoms with Gasteiger partial charge in [0.15, 0.2) is 0 Å². The monoisotopic (exact) mass is 307 g/mol. The van der Waals surface area contributed by atoms with E-state index >= 15 is 0 Å². The zero-order valence-corrected chi connectivity index (χ0v) is 11.3. The molecule has 1 saturated heterocycles. The van der Waals surface area contributed by atoms with Crippen LogP contribution in [0.3, 0.4) is 0 Å². The Morgan fingerprint density at radius 3 is 3.05 bits per heavy atom. The Morgan fingerprint density at radius 2 is 2.40 bits per heavy atom. The van der Waals surface area contributed by atoms with Crippen LogP contribution in [-0.2, 0) is 13.8 Å². The van der Waals surface area contributed by atoms with Gasteiger partial charge < -0.3 is 9.84 Å². The van der Waals surface area contributed by atoms with Crippen LogP contribution in [0.15, 0.2) is 15.8 Å². The Balaban J connectivity index is 2.25. The number of nitrogens with one attached hydrogen (secondary N) is 1. The maximum atomic E-state index is 11.7. The minimum atomic E-state index is -2.85. The van der Waals surface area contributed by atoms with Gasteiger partial charge >= 0.3 is 13.9 Å². The molecule has 0 aliphatic carbocycles. The summed E-state index contributed by atoms with van der Waals surface area (Å²) in [5, 5.41) is 9.86. The SMILES string of the molecule is [3H][C@@H]1[C@H](O)[C@@H](CO[P+](=O)O)O[C@H]1n1cc(C)c(=O)[nH]c1=O. The average molecular weight is 307 g/mol. The number of H-pyrrole nitrogens is 1. The average Bonchev–Trinajstić information content (AvgIpc) is 2.68. The van der Waals surface area contributed by atoms with Gasteiger partial charge in [-0.2, -0.15) is 0 Å². The molecule has 5 atom stereocenters. The number of aromatic amines is 1. The van der Waals surface area contributed by atoms with E-state index in [1.165, 1.54) is 13.1 Å². The maximum absolute atomic E-state index is 11.7. The summed E-state index contributed by atoms with van der Waals surface area (Å²) in [7, 11) is -2.85. The second-order valence-electron chi connectivity index (χ2n) is 4.26. The van der Waals surface area contributed by atoms with Crippen molar-refractivity contribution in [3.05, 3.63) is 32.6 Å². The van der Waals surface area contributed by atoms with Crippen LogP contribution in [0.4, 0.5) is 0 Å². The molecule has 0 radical (unpaired) electrons. The molecule has 0 spiro atoms. The fourth-order valence-electron chi connectivity index (χ4n) is 1.81. The maximum Gasteiger partial charge on any atom is 0.694 e. The third-order valence-corrected chi connectivity index (χ3v) is 3.20. The lowest BCUT2D eigenvalue weighted by Crippen LogP contribution is -2.33.